The van der Waals surface area contributed by atoms with Crippen LogP contribution in [0.1, 0.15) is 24.5 Å². The van der Waals surface area contributed by atoms with E-state index in [9.17, 15) is 9.18 Å². The fourth-order valence-electron chi connectivity index (χ4n) is 4.28. The smallest absolute Gasteiger partial charge is 0.236 e. The van der Waals surface area contributed by atoms with Gasteiger partial charge in [-0.05, 0) is 18.9 Å². The molecule has 0 spiro atoms. The van der Waals surface area contributed by atoms with E-state index in [2.05, 4.69) is 9.88 Å². The maximum atomic E-state index is 14.6. The van der Waals surface area contributed by atoms with E-state index in [1.165, 1.54) is 6.07 Å². The molecule has 7 nitrogen and oxygen atoms in total. The van der Waals surface area contributed by atoms with Gasteiger partial charge in [-0.3, -0.25) is 9.69 Å². The van der Waals surface area contributed by atoms with Crippen LogP contribution in [-0.2, 0) is 9.53 Å². The number of benzene rings is 1. The van der Waals surface area contributed by atoms with Crippen LogP contribution in [0.5, 0.6) is 0 Å². The highest BCUT2D eigenvalue weighted by Crippen LogP contribution is 2.35. The van der Waals surface area contributed by atoms with E-state index < -0.39 is 0 Å². The molecule has 4 rings (SSSR count). The van der Waals surface area contributed by atoms with Crippen LogP contribution in [0, 0.1) is 5.82 Å². The zero-order valence-electron chi connectivity index (χ0n) is 18.3. The molecule has 0 unspecified atom stereocenters. The van der Waals surface area contributed by atoms with E-state index in [0.717, 1.165) is 38.2 Å². The molecular weight excluding hydrogens is 397 g/mol. The molecule has 0 bridgehead atoms. The predicted octanol–water partition coefficient (Wildman–Crippen LogP) is 2.39. The second kappa shape index (κ2) is 9.70. The van der Waals surface area contributed by atoms with Gasteiger partial charge in [0.1, 0.15) is 5.82 Å². The number of ether oxygens (including phenoxy) is 1. The van der Waals surface area contributed by atoms with E-state index in [0.29, 0.717) is 43.4 Å². The minimum atomic E-state index is -0.291. The second-order valence-electron chi connectivity index (χ2n) is 8.41. The van der Waals surface area contributed by atoms with Crippen molar-refractivity contribution in [3.05, 3.63) is 42.0 Å². The highest BCUT2D eigenvalue weighted by Gasteiger charge is 2.29. The summed E-state index contributed by atoms with van der Waals surface area (Å²) in [6.07, 6.45) is 3.52. The van der Waals surface area contributed by atoms with Crippen LogP contribution >= 0.6 is 0 Å². The molecule has 31 heavy (non-hydrogen) atoms. The molecule has 1 amide bonds. The Morgan fingerprint density at radius 3 is 2.71 bits per heavy atom. The molecule has 1 aromatic heterocycles. The third kappa shape index (κ3) is 5.02. The van der Waals surface area contributed by atoms with Crippen molar-refractivity contribution >= 4 is 11.9 Å². The van der Waals surface area contributed by atoms with Crippen molar-refractivity contribution in [3.8, 4) is 11.1 Å². The maximum absolute atomic E-state index is 14.6. The van der Waals surface area contributed by atoms with Crippen LogP contribution in [0.4, 0.5) is 10.3 Å². The summed E-state index contributed by atoms with van der Waals surface area (Å²) in [5.74, 6) is 0.479. The molecule has 2 aliphatic heterocycles. The lowest BCUT2D eigenvalue weighted by molar-refractivity contribution is -0.134. The molecular formula is C23H30FN5O2. The highest BCUT2D eigenvalue weighted by atomic mass is 19.1. The number of likely N-dealkylation sites (tertiary alicyclic amines) is 1. The Morgan fingerprint density at radius 1 is 1.19 bits per heavy atom. The molecule has 0 aliphatic carbocycles. The van der Waals surface area contributed by atoms with E-state index >= 15 is 0 Å². The van der Waals surface area contributed by atoms with Crippen LogP contribution in [0.25, 0.3) is 11.1 Å². The van der Waals surface area contributed by atoms with Gasteiger partial charge < -0.3 is 14.5 Å². The van der Waals surface area contributed by atoms with Crippen LogP contribution < -0.4 is 4.90 Å². The number of anilines is 1. The number of hydrogen-bond donors (Lipinski definition) is 0. The van der Waals surface area contributed by atoms with Gasteiger partial charge in [0, 0.05) is 63.5 Å². The third-order valence-corrected chi connectivity index (χ3v) is 5.99. The van der Waals surface area contributed by atoms with Crippen LogP contribution in [0.3, 0.4) is 0 Å². The molecule has 2 aliphatic rings. The van der Waals surface area contributed by atoms with Gasteiger partial charge >= 0.3 is 0 Å². The number of morpholine rings is 1. The number of piperidine rings is 1. The molecule has 1 aromatic carbocycles. The molecule has 2 fully saturated rings. The van der Waals surface area contributed by atoms with Crippen molar-refractivity contribution in [2.45, 2.75) is 18.8 Å². The zero-order valence-corrected chi connectivity index (χ0v) is 18.3. The monoisotopic (exact) mass is 427 g/mol. The number of hydrogen-bond acceptors (Lipinski definition) is 6. The van der Waals surface area contributed by atoms with Gasteiger partial charge in [-0.1, -0.05) is 18.2 Å². The van der Waals surface area contributed by atoms with Crippen molar-refractivity contribution in [3.63, 3.8) is 0 Å². The van der Waals surface area contributed by atoms with Gasteiger partial charge in [0.2, 0.25) is 11.9 Å². The fraction of sp³-hybridized carbons (Fsp3) is 0.522. The van der Waals surface area contributed by atoms with Gasteiger partial charge in [-0.2, -0.15) is 0 Å². The first-order valence-electron chi connectivity index (χ1n) is 10.9. The average Bonchev–Trinajstić information content (AvgIpc) is 2.80. The molecule has 0 N–H and O–H groups in total. The van der Waals surface area contributed by atoms with E-state index in [-0.39, 0.29) is 17.6 Å². The quantitative estimate of drug-likeness (QED) is 0.730. The summed E-state index contributed by atoms with van der Waals surface area (Å²) in [7, 11) is 3.78. The highest BCUT2D eigenvalue weighted by molar-refractivity contribution is 5.78. The topological polar surface area (TPSA) is 61.8 Å². The van der Waals surface area contributed by atoms with Crippen molar-refractivity contribution in [1.29, 1.82) is 0 Å². The van der Waals surface area contributed by atoms with Gasteiger partial charge in [-0.25, -0.2) is 14.4 Å². The summed E-state index contributed by atoms with van der Waals surface area (Å²) in [6.45, 7) is 4.70. The fourth-order valence-corrected chi connectivity index (χ4v) is 4.28. The molecule has 3 heterocycles. The molecule has 2 saturated heterocycles. The van der Waals surface area contributed by atoms with Gasteiger partial charge in [-0.15, -0.1) is 0 Å². The summed E-state index contributed by atoms with van der Waals surface area (Å²) in [5, 5.41) is 0. The molecule has 166 valence electrons. The second-order valence-corrected chi connectivity index (χ2v) is 8.41. The Hall–Kier alpha value is -2.58. The lowest BCUT2D eigenvalue weighted by Gasteiger charge is -2.35. The minimum absolute atomic E-state index is 0.0405. The molecule has 0 radical (unpaired) electrons. The summed E-state index contributed by atoms with van der Waals surface area (Å²) >= 11 is 0. The Morgan fingerprint density at radius 2 is 1.97 bits per heavy atom. The SMILES string of the molecule is CN(C)c1ncc(-c2ccccc2F)c([C@H]2CCCN(C(=O)CN3CCOCC3)C2)n1. The van der Waals surface area contributed by atoms with Crippen LogP contribution in [-0.4, -0.2) is 85.7 Å². The van der Waals surface area contributed by atoms with Crippen molar-refractivity contribution < 1.29 is 13.9 Å². The largest absolute Gasteiger partial charge is 0.379 e. The van der Waals surface area contributed by atoms with E-state index in [1.54, 1.807) is 18.3 Å². The third-order valence-electron chi connectivity index (χ3n) is 5.99. The standard InChI is InChI=1S/C23H30FN5O2/c1-27(2)23-25-14-19(18-7-3-4-8-20(18)24)22(26-23)17-6-5-9-29(15-17)21(30)16-28-10-12-31-13-11-28/h3-4,7-8,14,17H,5-6,9-13,15-16H2,1-2H3/t17-/m0/s1. The number of rotatable bonds is 5. The number of carbonyl (C=O) groups excluding carboxylic acids is 1. The number of nitrogens with zero attached hydrogens (tertiary/aromatic N) is 5. The Labute approximate surface area is 182 Å². The van der Waals surface area contributed by atoms with Crippen molar-refractivity contribution in [2.24, 2.45) is 0 Å². The molecule has 8 heteroatoms. The predicted molar refractivity (Wildman–Crippen MR) is 118 cm³/mol. The molecule has 0 saturated carbocycles. The summed E-state index contributed by atoms with van der Waals surface area (Å²) < 4.78 is 20.0. The zero-order chi connectivity index (χ0) is 21.8. The Balaban J connectivity index is 1.59. The van der Waals surface area contributed by atoms with Crippen LogP contribution in [0.15, 0.2) is 30.5 Å². The lowest BCUT2D eigenvalue weighted by atomic mass is 9.89. The van der Waals surface area contributed by atoms with Crippen molar-refractivity contribution in [1.82, 2.24) is 19.8 Å². The first-order chi connectivity index (χ1) is 15.0. The molecule has 2 aromatic rings. The van der Waals surface area contributed by atoms with E-state index in [4.69, 9.17) is 9.72 Å². The first kappa shape index (κ1) is 21.6. The van der Waals surface area contributed by atoms with Gasteiger partial charge in [0.25, 0.3) is 0 Å². The first-order valence-corrected chi connectivity index (χ1v) is 10.9. The molecule has 1 atom stereocenters. The number of aromatic nitrogens is 2. The van der Waals surface area contributed by atoms with Gasteiger partial charge in [0.15, 0.2) is 0 Å². The minimum Gasteiger partial charge on any atom is -0.379 e. The maximum Gasteiger partial charge on any atom is 0.236 e. The number of carbonyl (C=O) groups is 1. The van der Waals surface area contributed by atoms with E-state index in [1.807, 2.05) is 30.0 Å². The van der Waals surface area contributed by atoms with Crippen LogP contribution in [0.2, 0.25) is 0 Å². The van der Waals surface area contributed by atoms with Crippen molar-refractivity contribution in [2.75, 3.05) is 64.9 Å². The normalized spacial score (nSPS) is 20.0. The number of halogens is 1. The average molecular weight is 428 g/mol. The summed E-state index contributed by atoms with van der Waals surface area (Å²) in [6, 6.07) is 6.72. The number of amides is 1. The van der Waals surface area contributed by atoms with Gasteiger partial charge in [0.05, 0.1) is 25.5 Å². The summed E-state index contributed by atoms with van der Waals surface area (Å²) in [4.78, 5) is 28.1. The lowest BCUT2D eigenvalue weighted by Crippen LogP contribution is -2.47. The Bertz CT molecular complexity index is 917. The Kier molecular flexibility index (Phi) is 6.77. The summed E-state index contributed by atoms with van der Waals surface area (Å²) in [5.41, 5.74) is 2.02.